The number of carbonyl (C=O) groups excluding carboxylic acids is 2. The second kappa shape index (κ2) is 10.2. The van der Waals surface area contributed by atoms with Crippen LogP contribution in [0.2, 0.25) is 0 Å². The van der Waals surface area contributed by atoms with E-state index in [0.29, 0.717) is 11.3 Å². The van der Waals surface area contributed by atoms with Crippen molar-refractivity contribution < 1.29 is 18.0 Å². The van der Waals surface area contributed by atoms with Gasteiger partial charge in [-0.15, -0.1) is 0 Å². The van der Waals surface area contributed by atoms with Crippen LogP contribution >= 0.6 is 0 Å². The summed E-state index contributed by atoms with van der Waals surface area (Å²) < 4.78 is 25.9. The molecule has 0 aliphatic heterocycles. The van der Waals surface area contributed by atoms with Crippen LogP contribution in [0, 0.1) is 0 Å². The third-order valence-electron chi connectivity index (χ3n) is 6.11. The lowest BCUT2D eigenvalue weighted by molar-refractivity contribution is -0.117. The van der Waals surface area contributed by atoms with Gasteiger partial charge < -0.3 is 4.57 Å². The van der Waals surface area contributed by atoms with Crippen molar-refractivity contribution in [3.63, 3.8) is 0 Å². The first-order valence-corrected chi connectivity index (χ1v) is 13.1. The molecule has 0 saturated heterocycles. The largest absolute Gasteiger partial charge is 0.344 e. The molecule has 0 bridgehead atoms. The van der Waals surface area contributed by atoms with Crippen LogP contribution in [0.1, 0.15) is 34.2 Å². The summed E-state index contributed by atoms with van der Waals surface area (Å²) in [5.74, 6) is -0.0830. The average Bonchev–Trinajstić information content (AvgIpc) is 3.20. The molecule has 1 aromatic heterocycles. The van der Waals surface area contributed by atoms with E-state index in [1.165, 1.54) is 0 Å². The Labute approximate surface area is 206 Å². The van der Waals surface area contributed by atoms with Crippen LogP contribution in [0.4, 0.5) is 0 Å². The first-order valence-electron chi connectivity index (χ1n) is 11.5. The number of aromatic nitrogens is 1. The molecule has 4 aromatic rings. The second-order valence-electron chi connectivity index (χ2n) is 8.46. The number of ketones is 2. The van der Waals surface area contributed by atoms with Crippen LogP contribution < -0.4 is 0 Å². The van der Waals surface area contributed by atoms with Gasteiger partial charge in [-0.2, -0.15) is 0 Å². The fourth-order valence-corrected chi connectivity index (χ4v) is 5.02. The molecule has 0 N–H and O–H groups in total. The Kier molecular flexibility index (Phi) is 7.12. The van der Waals surface area contributed by atoms with Crippen LogP contribution in [-0.4, -0.2) is 30.3 Å². The molecule has 1 heterocycles. The van der Waals surface area contributed by atoms with Crippen molar-refractivity contribution in [3.8, 4) is 11.1 Å². The van der Waals surface area contributed by atoms with Gasteiger partial charge in [-0.3, -0.25) is 9.59 Å². The number of hydrogen-bond acceptors (Lipinski definition) is 4. The van der Waals surface area contributed by atoms with Crippen molar-refractivity contribution in [2.75, 3.05) is 5.75 Å². The van der Waals surface area contributed by atoms with Crippen LogP contribution in [0.3, 0.4) is 0 Å². The predicted molar refractivity (Wildman–Crippen MR) is 137 cm³/mol. The van der Waals surface area contributed by atoms with E-state index in [9.17, 15) is 18.0 Å². The van der Waals surface area contributed by atoms with Crippen molar-refractivity contribution >= 4 is 21.4 Å². The van der Waals surface area contributed by atoms with E-state index >= 15 is 0 Å². The number of carbonyl (C=O) groups is 2. The molecule has 178 valence electrons. The number of sulfone groups is 1. The standard InChI is InChI=1S/C29H27NO4S/c1-3-35(33,34)26-16-14-21(15-17-26)18-25(31)19-24-20-27(22-10-6-4-7-11-22)28(30(24)2)29(32)23-12-8-5-9-13-23/h4-17,20H,3,18-19H2,1-2H3. The highest BCUT2D eigenvalue weighted by molar-refractivity contribution is 7.91. The van der Waals surface area contributed by atoms with Crippen molar-refractivity contribution in [1.82, 2.24) is 4.57 Å². The highest BCUT2D eigenvalue weighted by Gasteiger charge is 2.22. The SMILES string of the molecule is CCS(=O)(=O)c1ccc(CC(=O)Cc2cc(-c3ccccc3)c(C(=O)c3ccccc3)n2C)cc1. The lowest BCUT2D eigenvalue weighted by atomic mass is 10.00. The van der Waals surface area contributed by atoms with Crippen LogP contribution in [0.5, 0.6) is 0 Å². The predicted octanol–water partition coefficient (Wildman–Crippen LogP) is 5.07. The lowest BCUT2D eigenvalue weighted by Gasteiger charge is -2.09. The first kappa shape index (κ1) is 24.4. The molecule has 0 unspecified atom stereocenters. The maximum Gasteiger partial charge on any atom is 0.210 e. The van der Waals surface area contributed by atoms with Crippen molar-refractivity contribution in [2.24, 2.45) is 7.05 Å². The molecule has 35 heavy (non-hydrogen) atoms. The molecule has 6 heteroatoms. The number of nitrogens with zero attached hydrogens (tertiary/aromatic N) is 1. The number of hydrogen-bond donors (Lipinski definition) is 0. The molecule has 0 aliphatic carbocycles. The highest BCUT2D eigenvalue weighted by atomic mass is 32.2. The number of benzene rings is 3. The van der Waals surface area contributed by atoms with Crippen molar-refractivity contribution in [1.29, 1.82) is 0 Å². The van der Waals surface area contributed by atoms with Gasteiger partial charge in [0.05, 0.1) is 16.3 Å². The quantitative estimate of drug-likeness (QED) is 0.310. The average molecular weight is 486 g/mol. The summed E-state index contributed by atoms with van der Waals surface area (Å²) in [6.45, 7) is 1.60. The molecule has 4 rings (SSSR count). The Hall–Kier alpha value is -3.77. The fourth-order valence-electron chi connectivity index (χ4n) is 4.14. The van der Waals surface area contributed by atoms with Gasteiger partial charge in [0.15, 0.2) is 9.84 Å². The van der Waals surface area contributed by atoms with Crippen molar-refractivity contribution in [2.45, 2.75) is 24.7 Å². The molecule has 0 amide bonds. The molecule has 0 fully saturated rings. The fraction of sp³-hybridized carbons (Fsp3) is 0.172. The molecule has 0 radical (unpaired) electrons. The van der Waals surface area contributed by atoms with Crippen molar-refractivity contribution in [3.05, 3.63) is 114 Å². The zero-order valence-corrected chi connectivity index (χ0v) is 20.6. The normalized spacial score (nSPS) is 11.4. The zero-order valence-electron chi connectivity index (χ0n) is 19.8. The topological polar surface area (TPSA) is 73.2 Å². The van der Waals surface area contributed by atoms with Gasteiger partial charge in [0.1, 0.15) is 5.78 Å². The summed E-state index contributed by atoms with van der Waals surface area (Å²) in [5, 5.41) is 0. The van der Waals surface area contributed by atoms with Crippen LogP contribution in [-0.2, 0) is 34.5 Å². The van der Waals surface area contributed by atoms with E-state index in [1.54, 1.807) is 43.3 Å². The smallest absolute Gasteiger partial charge is 0.210 e. The third kappa shape index (κ3) is 5.33. The van der Waals surface area contributed by atoms with Gasteiger partial charge in [0.25, 0.3) is 0 Å². The lowest BCUT2D eigenvalue weighted by Crippen LogP contribution is -2.13. The van der Waals surface area contributed by atoms with Gasteiger partial charge in [-0.1, -0.05) is 79.7 Å². The van der Waals surface area contributed by atoms with E-state index in [0.717, 1.165) is 22.4 Å². The minimum absolute atomic E-state index is 0.0185. The number of Topliss-reactive ketones (excluding diaryl/α,β-unsaturated/α-hetero) is 1. The van der Waals surface area contributed by atoms with Gasteiger partial charge in [0, 0.05) is 36.7 Å². The monoisotopic (exact) mass is 485 g/mol. The van der Waals surface area contributed by atoms with E-state index in [2.05, 4.69) is 0 Å². The summed E-state index contributed by atoms with van der Waals surface area (Å²) in [4.78, 5) is 26.6. The molecule has 0 saturated carbocycles. The minimum atomic E-state index is -3.28. The Morgan fingerprint density at radius 1 is 0.800 bits per heavy atom. The second-order valence-corrected chi connectivity index (χ2v) is 10.7. The summed E-state index contributed by atoms with van der Waals surface area (Å²) >= 11 is 0. The highest BCUT2D eigenvalue weighted by Crippen LogP contribution is 2.29. The van der Waals surface area contributed by atoms with Gasteiger partial charge in [0.2, 0.25) is 5.78 Å². The molecule has 0 aliphatic rings. The molecular weight excluding hydrogens is 458 g/mol. The molecule has 0 atom stereocenters. The maximum atomic E-state index is 13.4. The van der Waals surface area contributed by atoms with E-state index in [1.807, 2.05) is 66.2 Å². The Morgan fingerprint density at radius 3 is 2.00 bits per heavy atom. The summed E-state index contributed by atoms with van der Waals surface area (Å²) in [5.41, 5.74) is 4.33. The Morgan fingerprint density at radius 2 is 1.40 bits per heavy atom. The first-order chi connectivity index (χ1) is 16.8. The molecular formula is C29H27NO4S. The number of rotatable bonds is 9. The third-order valence-corrected chi connectivity index (χ3v) is 7.86. The van der Waals surface area contributed by atoms with Gasteiger partial charge >= 0.3 is 0 Å². The van der Waals surface area contributed by atoms with Crippen LogP contribution in [0.15, 0.2) is 95.9 Å². The van der Waals surface area contributed by atoms with Crippen LogP contribution in [0.25, 0.3) is 11.1 Å². The summed E-state index contributed by atoms with van der Waals surface area (Å²) in [7, 11) is -1.46. The Bertz CT molecular complexity index is 1450. The zero-order chi connectivity index (χ0) is 25.0. The molecule has 3 aromatic carbocycles. The molecule has 5 nitrogen and oxygen atoms in total. The molecule has 0 spiro atoms. The maximum absolute atomic E-state index is 13.4. The van der Waals surface area contributed by atoms with Gasteiger partial charge in [-0.05, 0) is 29.3 Å². The van der Waals surface area contributed by atoms with Gasteiger partial charge in [-0.25, -0.2) is 8.42 Å². The van der Waals surface area contributed by atoms with E-state index < -0.39 is 9.84 Å². The Balaban J connectivity index is 1.62. The van der Waals surface area contributed by atoms with E-state index in [4.69, 9.17) is 0 Å². The summed E-state index contributed by atoms with van der Waals surface area (Å²) in [6, 6.07) is 27.2. The minimum Gasteiger partial charge on any atom is -0.344 e. The van der Waals surface area contributed by atoms with E-state index in [-0.39, 0.29) is 35.1 Å². The summed E-state index contributed by atoms with van der Waals surface area (Å²) in [6.07, 6.45) is 0.341.